The number of rotatable bonds is 5. The average molecular weight is 331 g/mol. The van der Waals surface area contributed by atoms with Crippen molar-refractivity contribution in [1.29, 1.82) is 0 Å². The lowest BCUT2D eigenvalue weighted by Crippen LogP contribution is -2.24. The molecule has 1 aromatic carbocycles. The minimum Gasteiger partial charge on any atom is -0.504 e. The molecule has 0 saturated heterocycles. The molecule has 2 rings (SSSR count). The summed E-state index contributed by atoms with van der Waals surface area (Å²) in [5, 5.41) is 12.0. The molecule has 7 nitrogen and oxygen atoms in total. The molecule has 2 aromatic rings. The Morgan fingerprint density at radius 3 is 2.57 bits per heavy atom. The van der Waals surface area contributed by atoms with Crippen LogP contribution in [0.15, 0.2) is 47.5 Å². The predicted molar refractivity (Wildman–Crippen MR) is 84.3 cm³/mol. The van der Waals surface area contributed by atoms with Crippen molar-refractivity contribution in [3.63, 3.8) is 0 Å². The fraction of sp³-hybridized carbons (Fsp3) is 0.0667. The first kappa shape index (κ1) is 16.5. The van der Waals surface area contributed by atoms with Gasteiger partial charge in [0.1, 0.15) is 0 Å². The molecule has 1 amide bonds. The molecule has 0 aliphatic carbocycles. The first-order valence-electron chi connectivity index (χ1n) is 6.42. The molecule has 0 saturated carbocycles. The van der Waals surface area contributed by atoms with E-state index in [9.17, 15) is 18.3 Å². The zero-order valence-corrected chi connectivity index (χ0v) is 12.7. The van der Waals surface area contributed by atoms with E-state index >= 15 is 0 Å². The van der Waals surface area contributed by atoms with Crippen LogP contribution in [0.5, 0.6) is 5.75 Å². The van der Waals surface area contributed by atoms with Crippen molar-refractivity contribution < 1.29 is 18.3 Å². The lowest BCUT2D eigenvalue weighted by molar-refractivity contribution is 0.102. The Balaban J connectivity index is 2.15. The number of pyridine rings is 1. The highest BCUT2D eigenvalue weighted by molar-refractivity contribution is 7.89. The Morgan fingerprint density at radius 2 is 1.96 bits per heavy atom. The van der Waals surface area contributed by atoms with Crippen LogP contribution in [0.1, 0.15) is 10.4 Å². The van der Waals surface area contributed by atoms with Gasteiger partial charge in [0.05, 0.1) is 11.4 Å². The molecular weight excluding hydrogens is 318 g/mol. The summed E-state index contributed by atoms with van der Waals surface area (Å²) >= 11 is 0. The molecule has 0 unspecified atom stereocenters. The molecule has 1 heterocycles. The van der Waals surface area contributed by atoms with Crippen molar-refractivity contribution >= 4 is 21.7 Å². The van der Waals surface area contributed by atoms with Gasteiger partial charge in [0.15, 0.2) is 11.6 Å². The zero-order valence-electron chi connectivity index (χ0n) is 11.9. The van der Waals surface area contributed by atoms with Gasteiger partial charge >= 0.3 is 0 Å². The number of nitrogens with one attached hydrogen (secondary N) is 2. The van der Waals surface area contributed by atoms with Gasteiger partial charge in [0, 0.05) is 11.8 Å². The van der Waals surface area contributed by atoms with E-state index in [1.165, 1.54) is 42.6 Å². The summed E-state index contributed by atoms with van der Waals surface area (Å²) in [5.41, 5.74) is 0.214. The van der Waals surface area contributed by atoms with Crippen LogP contribution in [-0.4, -0.2) is 31.0 Å². The normalized spacial score (nSPS) is 10.7. The standard InChI is InChI=1S/C15H13N3O4S/c1-2-9-17-23(21,22)12-7-5-11(6-8-12)15(20)18-14-13(19)4-3-10-16-14/h1,3-8,10,17,19H,9H2,(H,16,18,20). The summed E-state index contributed by atoms with van der Waals surface area (Å²) in [6.45, 7) is -0.122. The van der Waals surface area contributed by atoms with Crippen LogP contribution in [0.4, 0.5) is 5.82 Å². The van der Waals surface area contributed by atoms with E-state index in [0.717, 1.165) is 0 Å². The quantitative estimate of drug-likeness (QED) is 0.707. The molecule has 0 radical (unpaired) electrons. The number of aromatic nitrogens is 1. The monoisotopic (exact) mass is 331 g/mol. The molecule has 3 N–H and O–H groups in total. The van der Waals surface area contributed by atoms with Gasteiger partial charge in [-0.15, -0.1) is 6.42 Å². The summed E-state index contributed by atoms with van der Waals surface area (Å²) in [5.74, 6) is 1.49. The lowest BCUT2D eigenvalue weighted by Gasteiger charge is -2.07. The summed E-state index contributed by atoms with van der Waals surface area (Å²) in [4.78, 5) is 15.9. The molecule has 0 aliphatic heterocycles. The number of carbonyl (C=O) groups is 1. The van der Waals surface area contributed by atoms with Crippen molar-refractivity contribution in [2.45, 2.75) is 4.90 Å². The Hall–Kier alpha value is -2.89. The fourth-order valence-electron chi connectivity index (χ4n) is 1.68. The maximum atomic E-state index is 12.0. The van der Waals surface area contributed by atoms with Crippen LogP contribution in [-0.2, 0) is 10.0 Å². The number of nitrogens with zero attached hydrogens (tertiary/aromatic N) is 1. The van der Waals surface area contributed by atoms with Crippen LogP contribution >= 0.6 is 0 Å². The Bertz CT molecular complexity index is 855. The third-order valence-corrected chi connectivity index (χ3v) is 4.23. The zero-order chi connectivity index (χ0) is 16.9. The average Bonchev–Trinajstić information content (AvgIpc) is 2.55. The van der Waals surface area contributed by atoms with Crippen molar-refractivity contribution in [3.8, 4) is 18.1 Å². The largest absolute Gasteiger partial charge is 0.504 e. The van der Waals surface area contributed by atoms with Gasteiger partial charge in [-0.05, 0) is 36.4 Å². The van der Waals surface area contributed by atoms with Gasteiger partial charge in [-0.3, -0.25) is 4.79 Å². The van der Waals surface area contributed by atoms with Gasteiger partial charge < -0.3 is 10.4 Å². The van der Waals surface area contributed by atoms with E-state index in [1.807, 2.05) is 0 Å². The molecule has 118 valence electrons. The highest BCUT2D eigenvalue weighted by Gasteiger charge is 2.15. The summed E-state index contributed by atoms with van der Waals surface area (Å²) in [7, 11) is -3.71. The molecule has 1 aromatic heterocycles. The number of aromatic hydroxyl groups is 1. The molecule has 0 bridgehead atoms. The maximum absolute atomic E-state index is 12.0. The minimum atomic E-state index is -3.71. The van der Waals surface area contributed by atoms with Gasteiger partial charge in [-0.25, -0.2) is 13.4 Å². The summed E-state index contributed by atoms with van der Waals surface area (Å²) < 4.78 is 25.9. The van der Waals surface area contributed by atoms with Gasteiger partial charge in [-0.2, -0.15) is 4.72 Å². The van der Waals surface area contributed by atoms with E-state index in [0.29, 0.717) is 0 Å². The summed E-state index contributed by atoms with van der Waals surface area (Å²) in [6.07, 6.45) is 6.43. The molecule has 8 heteroatoms. The first-order chi connectivity index (χ1) is 10.9. The first-order valence-corrected chi connectivity index (χ1v) is 7.91. The molecule has 23 heavy (non-hydrogen) atoms. The Kier molecular flexibility index (Phi) is 4.95. The highest BCUT2D eigenvalue weighted by atomic mass is 32.2. The smallest absolute Gasteiger partial charge is 0.256 e. The number of terminal acetylenes is 1. The topological polar surface area (TPSA) is 108 Å². The second-order valence-corrected chi connectivity index (χ2v) is 6.15. The number of carbonyl (C=O) groups excluding carboxylic acids is 1. The molecule has 0 atom stereocenters. The number of anilines is 1. The Labute approximate surface area is 133 Å². The number of hydrogen-bond acceptors (Lipinski definition) is 5. The highest BCUT2D eigenvalue weighted by Crippen LogP contribution is 2.19. The second kappa shape index (κ2) is 6.91. The predicted octanol–water partition coefficient (Wildman–Crippen LogP) is 0.951. The summed E-state index contributed by atoms with van der Waals surface area (Å²) in [6, 6.07) is 8.17. The third kappa shape index (κ3) is 4.06. The van der Waals surface area contributed by atoms with Crippen LogP contribution < -0.4 is 10.0 Å². The van der Waals surface area contributed by atoms with Gasteiger partial charge in [0.2, 0.25) is 10.0 Å². The number of hydrogen-bond donors (Lipinski definition) is 3. The van der Waals surface area contributed by atoms with E-state index in [-0.39, 0.29) is 28.6 Å². The van der Waals surface area contributed by atoms with Crippen LogP contribution in [0, 0.1) is 12.3 Å². The van der Waals surface area contributed by atoms with Crippen LogP contribution in [0.3, 0.4) is 0 Å². The lowest BCUT2D eigenvalue weighted by atomic mass is 10.2. The van der Waals surface area contributed by atoms with Crippen LogP contribution in [0.2, 0.25) is 0 Å². The fourth-order valence-corrected chi connectivity index (χ4v) is 2.61. The molecule has 0 spiro atoms. The number of amides is 1. The number of sulfonamides is 1. The van der Waals surface area contributed by atoms with Crippen molar-refractivity contribution in [2.75, 3.05) is 11.9 Å². The molecule has 0 aliphatic rings. The van der Waals surface area contributed by atoms with Crippen molar-refractivity contribution in [3.05, 3.63) is 48.2 Å². The van der Waals surface area contributed by atoms with Gasteiger partial charge in [-0.1, -0.05) is 5.92 Å². The Morgan fingerprint density at radius 1 is 1.26 bits per heavy atom. The van der Waals surface area contributed by atoms with Crippen molar-refractivity contribution in [1.82, 2.24) is 9.71 Å². The van der Waals surface area contributed by atoms with Crippen molar-refractivity contribution in [2.24, 2.45) is 0 Å². The van der Waals surface area contributed by atoms with E-state index in [2.05, 4.69) is 20.9 Å². The number of benzene rings is 1. The van der Waals surface area contributed by atoms with E-state index in [4.69, 9.17) is 6.42 Å². The maximum Gasteiger partial charge on any atom is 0.256 e. The molecule has 0 fully saturated rings. The SMILES string of the molecule is C#CCNS(=O)(=O)c1ccc(C(=O)Nc2ncccc2O)cc1. The minimum absolute atomic E-state index is 0.00927. The van der Waals surface area contributed by atoms with E-state index in [1.54, 1.807) is 0 Å². The third-order valence-electron chi connectivity index (χ3n) is 2.81. The molecular formula is C15H13N3O4S. The van der Waals surface area contributed by atoms with Crippen LogP contribution in [0.25, 0.3) is 0 Å². The van der Waals surface area contributed by atoms with E-state index < -0.39 is 15.9 Å². The van der Waals surface area contributed by atoms with Gasteiger partial charge in [0.25, 0.3) is 5.91 Å². The second-order valence-electron chi connectivity index (χ2n) is 4.38.